The quantitative estimate of drug-likeness (QED) is 0.336. The van der Waals surface area contributed by atoms with E-state index in [1.165, 1.54) is 25.1 Å². The monoisotopic (exact) mass is 454 g/mol. The van der Waals surface area contributed by atoms with E-state index in [1.54, 1.807) is 4.57 Å². The van der Waals surface area contributed by atoms with E-state index >= 15 is 0 Å². The summed E-state index contributed by atoms with van der Waals surface area (Å²) in [5.74, 6) is -0.315. The number of amides is 1. The van der Waals surface area contributed by atoms with Crippen molar-refractivity contribution < 1.29 is 9.63 Å². The van der Waals surface area contributed by atoms with Crippen LogP contribution in [-0.2, 0) is 11.3 Å². The minimum absolute atomic E-state index is 0.0730. The number of H-pyrrole nitrogens is 1. The predicted molar refractivity (Wildman–Crippen MR) is 131 cm³/mol. The molecule has 0 spiro atoms. The van der Waals surface area contributed by atoms with Crippen LogP contribution in [0, 0.1) is 0 Å². The number of hydrogen-bond donors (Lipinski definition) is 3. The fourth-order valence-corrected chi connectivity index (χ4v) is 3.83. The Bertz CT molecular complexity index is 1570. The smallest absolute Gasteiger partial charge is 0.280 e. The number of nitrogens with zero attached hydrogens (tertiary/aromatic N) is 3. The first-order chi connectivity index (χ1) is 16.6. The van der Waals surface area contributed by atoms with E-state index in [9.17, 15) is 9.59 Å². The lowest BCUT2D eigenvalue weighted by Gasteiger charge is -2.14. The van der Waals surface area contributed by atoms with Gasteiger partial charge in [0.15, 0.2) is 5.65 Å². The van der Waals surface area contributed by atoms with Crippen molar-refractivity contribution in [2.45, 2.75) is 13.3 Å². The molecule has 2 aromatic carbocycles. The van der Waals surface area contributed by atoms with Gasteiger partial charge in [0.05, 0.1) is 12.5 Å². The van der Waals surface area contributed by atoms with Gasteiger partial charge >= 0.3 is 0 Å². The number of hydroxylamine groups is 1. The Balaban J connectivity index is 1.65. The van der Waals surface area contributed by atoms with Crippen molar-refractivity contribution >= 4 is 39.5 Å². The van der Waals surface area contributed by atoms with Crippen LogP contribution in [0.5, 0.6) is 0 Å². The molecule has 3 N–H and O–H groups in total. The second-order valence-electron chi connectivity index (χ2n) is 7.73. The van der Waals surface area contributed by atoms with Gasteiger partial charge < -0.3 is 14.9 Å². The molecule has 0 fully saturated rings. The second kappa shape index (κ2) is 8.80. The molecule has 9 heteroatoms. The Kier molecular flexibility index (Phi) is 5.52. The van der Waals surface area contributed by atoms with Gasteiger partial charge in [-0.2, -0.15) is 4.98 Å². The summed E-state index contributed by atoms with van der Waals surface area (Å²) < 4.78 is 1.71. The zero-order chi connectivity index (χ0) is 23.7. The van der Waals surface area contributed by atoms with Gasteiger partial charge in [-0.05, 0) is 48.4 Å². The van der Waals surface area contributed by atoms with Crippen LogP contribution < -0.4 is 16.2 Å². The highest BCUT2D eigenvalue weighted by atomic mass is 16.6. The van der Waals surface area contributed by atoms with Crippen LogP contribution in [0.1, 0.15) is 22.8 Å². The maximum atomic E-state index is 13.1. The van der Waals surface area contributed by atoms with E-state index in [-0.39, 0.29) is 10.9 Å². The van der Waals surface area contributed by atoms with Crippen LogP contribution in [0.3, 0.4) is 0 Å². The van der Waals surface area contributed by atoms with Gasteiger partial charge in [0, 0.05) is 40.9 Å². The second-order valence-corrected chi connectivity index (χ2v) is 7.73. The molecule has 3 heterocycles. The third-order valence-corrected chi connectivity index (χ3v) is 5.62. The molecule has 0 aliphatic rings. The molecule has 0 aliphatic carbocycles. The summed E-state index contributed by atoms with van der Waals surface area (Å²) >= 11 is 0. The number of carbonyl (C=O) groups is 1. The lowest BCUT2D eigenvalue weighted by Crippen LogP contribution is -2.29. The van der Waals surface area contributed by atoms with Crippen molar-refractivity contribution in [1.29, 1.82) is 0 Å². The molecule has 9 nitrogen and oxygen atoms in total. The Morgan fingerprint density at radius 1 is 1.15 bits per heavy atom. The number of hydrogen-bond acceptors (Lipinski definition) is 6. The number of fused-ring (bicyclic) bond motifs is 2. The van der Waals surface area contributed by atoms with Crippen molar-refractivity contribution in [2.75, 3.05) is 12.4 Å². The summed E-state index contributed by atoms with van der Waals surface area (Å²) in [6, 6.07) is 15.7. The minimum Gasteiger partial charge on any atom is -0.361 e. The standard InChI is InChI=1S/C25H22N6O3/c1-3-15-4-7-18(8-5-15)31-14-20(24(33)30-34-2)22(32)19-13-27-25(29-23(19)31)28-17-6-9-21-16(12-17)10-11-26-21/h4-14,26H,3H2,1-2H3,(H,30,33)(H,27,28,29). The molecule has 0 unspecified atom stereocenters. The van der Waals surface area contributed by atoms with Gasteiger partial charge in [0.1, 0.15) is 5.56 Å². The molecule has 0 saturated heterocycles. The Morgan fingerprint density at radius 3 is 2.74 bits per heavy atom. The van der Waals surface area contributed by atoms with Gasteiger partial charge in [0.2, 0.25) is 11.4 Å². The molecule has 170 valence electrons. The molecule has 0 atom stereocenters. The minimum atomic E-state index is -0.643. The average Bonchev–Trinajstić information content (AvgIpc) is 3.32. The van der Waals surface area contributed by atoms with Crippen LogP contribution in [0.2, 0.25) is 0 Å². The SMILES string of the molecule is CCc1ccc(-n2cc(C(=O)NOC)c(=O)c3cnc(Nc4ccc5[nH]ccc5c4)nc32)cc1. The summed E-state index contributed by atoms with van der Waals surface area (Å²) in [5, 5.41) is 4.47. The molecule has 1 amide bonds. The summed E-state index contributed by atoms with van der Waals surface area (Å²) in [6.45, 7) is 2.08. The molecular weight excluding hydrogens is 432 g/mol. The molecule has 0 radical (unpaired) electrons. The van der Waals surface area contributed by atoms with Gasteiger partial charge in [-0.15, -0.1) is 0 Å². The largest absolute Gasteiger partial charge is 0.361 e. The molecule has 0 bridgehead atoms. The first kappa shape index (κ1) is 21.4. The molecule has 5 rings (SSSR count). The van der Waals surface area contributed by atoms with Gasteiger partial charge in [-0.1, -0.05) is 19.1 Å². The lowest BCUT2D eigenvalue weighted by molar-refractivity contribution is 0.0536. The van der Waals surface area contributed by atoms with E-state index in [0.29, 0.717) is 11.6 Å². The van der Waals surface area contributed by atoms with E-state index < -0.39 is 11.3 Å². The van der Waals surface area contributed by atoms with Crippen molar-refractivity contribution in [3.05, 3.63) is 88.5 Å². The average molecular weight is 454 g/mol. The summed E-state index contributed by atoms with van der Waals surface area (Å²) in [5.41, 5.74) is 5.80. The summed E-state index contributed by atoms with van der Waals surface area (Å²) in [4.78, 5) is 42.4. The van der Waals surface area contributed by atoms with Gasteiger partial charge in [0.25, 0.3) is 5.91 Å². The highest BCUT2D eigenvalue weighted by Gasteiger charge is 2.18. The van der Waals surface area contributed by atoms with Crippen LogP contribution in [0.25, 0.3) is 27.6 Å². The number of pyridine rings is 1. The fourth-order valence-electron chi connectivity index (χ4n) is 3.83. The molecule has 3 aromatic heterocycles. The predicted octanol–water partition coefficient (Wildman–Crippen LogP) is 3.86. The molecule has 0 aliphatic heterocycles. The number of carbonyl (C=O) groups excluding carboxylic acids is 1. The number of nitrogens with one attached hydrogen (secondary N) is 3. The molecular formula is C25H22N6O3. The first-order valence-electron chi connectivity index (χ1n) is 10.8. The maximum Gasteiger partial charge on any atom is 0.280 e. The van der Waals surface area contributed by atoms with E-state index in [1.807, 2.05) is 54.7 Å². The topological polar surface area (TPSA) is 114 Å². The van der Waals surface area contributed by atoms with Gasteiger partial charge in [-0.25, -0.2) is 10.5 Å². The lowest BCUT2D eigenvalue weighted by atomic mass is 10.1. The van der Waals surface area contributed by atoms with E-state index in [2.05, 4.69) is 32.7 Å². The van der Waals surface area contributed by atoms with E-state index in [0.717, 1.165) is 28.7 Å². The molecule has 34 heavy (non-hydrogen) atoms. The number of aryl methyl sites for hydroxylation is 1. The number of rotatable bonds is 6. The zero-order valence-corrected chi connectivity index (χ0v) is 18.6. The number of aromatic nitrogens is 4. The Labute approximate surface area is 194 Å². The highest BCUT2D eigenvalue weighted by Crippen LogP contribution is 2.22. The Hall–Kier alpha value is -4.50. The van der Waals surface area contributed by atoms with Gasteiger partial charge in [-0.3, -0.25) is 14.4 Å². The fraction of sp³-hybridized carbons (Fsp3) is 0.120. The van der Waals surface area contributed by atoms with Crippen molar-refractivity contribution in [1.82, 2.24) is 25.0 Å². The van der Waals surface area contributed by atoms with Crippen LogP contribution in [0.15, 0.2) is 71.9 Å². The van der Waals surface area contributed by atoms with E-state index in [4.69, 9.17) is 4.84 Å². The van der Waals surface area contributed by atoms with Crippen molar-refractivity contribution in [2.24, 2.45) is 0 Å². The maximum absolute atomic E-state index is 13.1. The van der Waals surface area contributed by atoms with Crippen LogP contribution >= 0.6 is 0 Å². The molecule has 5 aromatic rings. The summed E-state index contributed by atoms with van der Waals surface area (Å²) in [6.07, 6.45) is 5.68. The number of benzene rings is 2. The summed E-state index contributed by atoms with van der Waals surface area (Å²) in [7, 11) is 1.31. The number of aromatic amines is 1. The van der Waals surface area contributed by atoms with Crippen molar-refractivity contribution in [3.63, 3.8) is 0 Å². The normalized spacial score (nSPS) is 11.1. The highest BCUT2D eigenvalue weighted by molar-refractivity contribution is 5.96. The Morgan fingerprint density at radius 2 is 1.97 bits per heavy atom. The first-order valence-corrected chi connectivity index (χ1v) is 10.8. The van der Waals surface area contributed by atoms with Crippen LogP contribution in [0.4, 0.5) is 11.6 Å². The van der Waals surface area contributed by atoms with Crippen molar-refractivity contribution in [3.8, 4) is 5.69 Å². The molecule has 0 saturated carbocycles. The van der Waals surface area contributed by atoms with Crippen LogP contribution in [-0.4, -0.2) is 32.5 Å². The zero-order valence-electron chi connectivity index (χ0n) is 18.6. The third-order valence-electron chi connectivity index (χ3n) is 5.62. The number of anilines is 2. The third kappa shape index (κ3) is 3.89.